The van der Waals surface area contributed by atoms with Gasteiger partial charge in [0.05, 0.1) is 22.0 Å². The summed E-state index contributed by atoms with van der Waals surface area (Å²) in [6.45, 7) is 2.43. The summed E-state index contributed by atoms with van der Waals surface area (Å²) in [5.41, 5.74) is 23.0. The van der Waals surface area contributed by atoms with Crippen molar-refractivity contribution in [1.29, 1.82) is 0 Å². The second-order valence-corrected chi connectivity index (χ2v) is 20.2. The lowest BCUT2D eigenvalue weighted by molar-refractivity contribution is 0.454. The van der Waals surface area contributed by atoms with E-state index in [0.717, 1.165) is 37.1 Å². The molecule has 0 amide bonds. The van der Waals surface area contributed by atoms with Crippen molar-refractivity contribution in [2.24, 2.45) is 11.8 Å². The molecule has 5 aliphatic carbocycles. The highest BCUT2D eigenvalue weighted by Crippen LogP contribution is 2.67. The molecule has 1 heterocycles. The summed E-state index contributed by atoms with van der Waals surface area (Å²) in [7, 11) is 0. The molecule has 0 aliphatic heterocycles. The molecule has 0 radical (unpaired) electrons. The van der Waals surface area contributed by atoms with Gasteiger partial charge in [-0.3, -0.25) is 0 Å². The third-order valence-electron chi connectivity index (χ3n) is 16.7. The van der Waals surface area contributed by atoms with E-state index >= 15 is 0 Å². The standard InChI is InChI=1S/C69H54N2/c1-47-44-59-57-33-15-19-39-64(57)71(54-42-40-49(41-43-54)48-22-6-2-7-23-48)66(59)46-65(47)70(53-29-12-5-13-30-53)55-31-20-28-52(45-55)68(50-24-8-3-9-25-50)61-36-17-18-37-62(61)69(51-26-10-4-11-27-51)60-35-16-14-32-56(60)58-34-21-38-63(68)67(58)69/h2-34,36-40,42,45-47,60H,35,41,43-44H2,1H3. The number of hydrogen-bond acceptors (Lipinski definition) is 1. The molecule has 0 bridgehead atoms. The van der Waals surface area contributed by atoms with Crippen molar-refractivity contribution >= 4 is 45.2 Å². The second-order valence-electron chi connectivity index (χ2n) is 20.2. The van der Waals surface area contributed by atoms with Crippen molar-refractivity contribution in [3.63, 3.8) is 0 Å². The maximum Gasteiger partial charge on any atom is 0.0708 e. The van der Waals surface area contributed by atoms with Gasteiger partial charge in [0, 0.05) is 40.0 Å². The van der Waals surface area contributed by atoms with Crippen LogP contribution in [0.5, 0.6) is 0 Å². The fourth-order valence-electron chi connectivity index (χ4n) is 13.9. The number of benzene rings is 8. The van der Waals surface area contributed by atoms with Gasteiger partial charge in [-0.05, 0) is 135 Å². The Hall–Kier alpha value is -8.20. The van der Waals surface area contributed by atoms with Crippen LogP contribution in [0.2, 0.25) is 0 Å². The Kier molecular flexibility index (Phi) is 9.68. The summed E-state index contributed by atoms with van der Waals surface area (Å²) in [6.07, 6.45) is 18.3. The molecule has 2 heteroatoms. The van der Waals surface area contributed by atoms with E-state index in [2.05, 4.69) is 265 Å². The van der Waals surface area contributed by atoms with E-state index in [1.54, 1.807) is 0 Å². The van der Waals surface area contributed by atoms with Gasteiger partial charge in [-0.1, -0.05) is 213 Å². The van der Waals surface area contributed by atoms with E-state index in [0.29, 0.717) is 0 Å². The molecular formula is C69H54N2. The zero-order chi connectivity index (χ0) is 47.1. The predicted octanol–water partition coefficient (Wildman–Crippen LogP) is 16.7. The van der Waals surface area contributed by atoms with Crippen molar-refractivity contribution in [1.82, 2.24) is 4.57 Å². The summed E-state index contributed by atoms with van der Waals surface area (Å²) >= 11 is 0. The number of nitrogens with zero attached hydrogens (tertiary/aromatic N) is 2. The Morgan fingerprint density at radius 2 is 1.20 bits per heavy atom. The molecule has 0 N–H and O–H groups in total. The van der Waals surface area contributed by atoms with E-state index in [4.69, 9.17) is 0 Å². The topological polar surface area (TPSA) is 8.17 Å². The minimum atomic E-state index is -0.632. The number of rotatable bonds is 8. The van der Waals surface area contributed by atoms with Crippen LogP contribution < -0.4 is 4.90 Å². The van der Waals surface area contributed by atoms with Gasteiger partial charge in [0.1, 0.15) is 0 Å². The lowest BCUT2D eigenvalue weighted by Gasteiger charge is -2.51. The number of fused-ring (bicyclic) bond motifs is 8. The van der Waals surface area contributed by atoms with Crippen LogP contribution in [0.1, 0.15) is 87.5 Å². The average molecular weight is 911 g/mol. The smallest absolute Gasteiger partial charge is 0.0708 e. The van der Waals surface area contributed by atoms with Gasteiger partial charge in [0.2, 0.25) is 0 Å². The van der Waals surface area contributed by atoms with Crippen molar-refractivity contribution in [3.05, 3.63) is 310 Å². The number of anilines is 2. The first-order chi connectivity index (χ1) is 35.2. The highest BCUT2D eigenvalue weighted by atomic mass is 15.2. The Balaban J connectivity index is 1.00. The maximum absolute atomic E-state index is 2.58. The summed E-state index contributed by atoms with van der Waals surface area (Å²) in [4.78, 5) is 2.57. The van der Waals surface area contributed by atoms with Crippen LogP contribution in [0, 0.1) is 11.8 Å². The first-order valence-corrected chi connectivity index (χ1v) is 25.6. The number of hydrogen-bond donors (Lipinski definition) is 0. The molecule has 0 saturated heterocycles. The molecule has 340 valence electrons. The van der Waals surface area contributed by atoms with E-state index in [1.165, 1.54) is 94.8 Å². The Bertz CT molecular complexity index is 3720. The summed E-state index contributed by atoms with van der Waals surface area (Å²) in [5.74, 6) is 0.510. The predicted molar refractivity (Wildman–Crippen MR) is 296 cm³/mol. The summed E-state index contributed by atoms with van der Waals surface area (Å²) in [6, 6.07) is 80.2. The molecule has 8 aromatic carbocycles. The van der Waals surface area contributed by atoms with Crippen LogP contribution in [-0.2, 0) is 17.3 Å². The number of allylic oxidation sites excluding steroid dienone is 9. The van der Waals surface area contributed by atoms with Crippen molar-refractivity contribution < 1.29 is 0 Å². The fourth-order valence-corrected chi connectivity index (χ4v) is 13.9. The van der Waals surface area contributed by atoms with Crippen molar-refractivity contribution in [2.75, 3.05) is 4.90 Å². The fraction of sp³-hybridized carbons (Fsp3) is 0.130. The monoisotopic (exact) mass is 910 g/mol. The summed E-state index contributed by atoms with van der Waals surface area (Å²) < 4.78 is 2.58. The van der Waals surface area contributed by atoms with Gasteiger partial charge >= 0.3 is 0 Å². The molecule has 14 rings (SSSR count). The molecule has 1 aromatic heterocycles. The Labute approximate surface area is 417 Å². The highest BCUT2D eigenvalue weighted by molar-refractivity contribution is 5.94. The van der Waals surface area contributed by atoms with Crippen LogP contribution >= 0.6 is 0 Å². The molecule has 4 unspecified atom stereocenters. The van der Waals surface area contributed by atoms with Gasteiger partial charge in [-0.2, -0.15) is 0 Å². The minimum absolute atomic E-state index is 0.239. The molecule has 9 aromatic rings. The van der Waals surface area contributed by atoms with Gasteiger partial charge in [0.25, 0.3) is 0 Å². The molecule has 5 aliphatic rings. The third kappa shape index (κ3) is 6.07. The first kappa shape index (κ1) is 41.7. The van der Waals surface area contributed by atoms with E-state index in [9.17, 15) is 0 Å². The van der Waals surface area contributed by atoms with E-state index in [1.807, 2.05) is 0 Å². The highest BCUT2D eigenvalue weighted by Gasteiger charge is 2.60. The molecule has 2 nitrogen and oxygen atoms in total. The quantitative estimate of drug-likeness (QED) is 0.147. The van der Waals surface area contributed by atoms with Crippen molar-refractivity contribution in [3.8, 4) is 0 Å². The normalized spacial score (nSPS) is 21.5. The minimum Gasteiger partial charge on any atom is -0.314 e. The average Bonchev–Trinajstić information content (AvgIpc) is 3.96. The first-order valence-electron chi connectivity index (χ1n) is 25.6. The third-order valence-corrected chi connectivity index (χ3v) is 16.7. The molecule has 0 saturated carbocycles. The van der Waals surface area contributed by atoms with Crippen LogP contribution in [0.15, 0.2) is 248 Å². The van der Waals surface area contributed by atoms with E-state index < -0.39 is 5.41 Å². The number of aromatic nitrogens is 1. The van der Waals surface area contributed by atoms with Crippen LogP contribution in [0.3, 0.4) is 0 Å². The van der Waals surface area contributed by atoms with Crippen LogP contribution in [0.4, 0.5) is 11.4 Å². The largest absolute Gasteiger partial charge is 0.314 e. The SMILES string of the molecule is CC1Cc2c(n(C3=CC=C(c4ccccc4)CC3)c3ccccc23)C=C1N(c1ccccc1)c1cccc(C2(c3ccccc3)c3ccccc3C3(c4ccccc4)c4c(cccc42)C2=CC=CCC23)c1. The molecular weight excluding hydrogens is 857 g/mol. The zero-order valence-corrected chi connectivity index (χ0v) is 40.0. The maximum atomic E-state index is 2.58. The van der Waals surface area contributed by atoms with Crippen molar-refractivity contribution in [2.45, 2.75) is 43.4 Å². The van der Waals surface area contributed by atoms with Crippen LogP contribution in [-0.4, -0.2) is 4.57 Å². The van der Waals surface area contributed by atoms with Gasteiger partial charge in [-0.15, -0.1) is 0 Å². The molecule has 4 atom stereocenters. The van der Waals surface area contributed by atoms with Gasteiger partial charge in [-0.25, -0.2) is 0 Å². The Morgan fingerprint density at radius 1 is 0.549 bits per heavy atom. The second kappa shape index (κ2) is 16.5. The lowest BCUT2D eigenvalue weighted by atomic mass is 9.50. The molecule has 71 heavy (non-hydrogen) atoms. The summed E-state index contributed by atoms with van der Waals surface area (Å²) in [5, 5.41) is 1.35. The van der Waals surface area contributed by atoms with Gasteiger partial charge in [0.15, 0.2) is 0 Å². The molecule has 0 fully saturated rings. The zero-order valence-electron chi connectivity index (χ0n) is 40.0. The van der Waals surface area contributed by atoms with Crippen LogP contribution in [0.25, 0.3) is 33.8 Å². The van der Waals surface area contributed by atoms with Gasteiger partial charge < -0.3 is 9.47 Å². The molecule has 0 spiro atoms. The lowest BCUT2D eigenvalue weighted by Crippen LogP contribution is -2.46. The number of para-hydroxylation sites is 2. The van der Waals surface area contributed by atoms with E-state index in [-0.39, 0.29) is 17.3 Å². The Morgan fingerprint density at radius 3 is 1.97 bits per heavy atom.